The van der Waals surface area contributed by atoms with E-state index in [0.717, 1.165) is 46.2 Å². The number of nitrogens with zero attached hydrogens (tertiary/aromatic N) is 3. The molecule has 0 bridgehead atoms. The number of aryl methyl sites for hydroxylation is 2. The first kappa shape index (κ1) is 31.7. The van der Waals surface area contributed by atoms with Crippen LogP contribution < -0.4 is 14.8 Å². The Morgan fingerprint density at radius 3 is 2.21 bits per heavy atom. The summed E-state index contributed by atoms with van der Waals surface area (Å²) < 4.78 is 19.0. The van der Waals surface area contributed by atoms with Gasteiger partial charge in [0.2, 0.25) is 0 Å². The predicted octanol–water partition coefficient (Wildman–Crippen LogP) is 7.29. The Hall–Kier alpha value is -5.25. The van der Waals surface area contributed by atoms with Gasteiger partial charge in [-0.05, 0) is 69.0 Å². The molecule has 1 amide bonds. The van der Waals surface area contributed by atoms with E-state index in [0.29, 0.717) is 36.7 Å². The third-order valence-corrected chi connectivity index (χ3v) is 8.30. The van der Waals surface area contributed by atoms with Crippen LogP contribution in [-0.2, 0) is 30.5 Å². The fourth-order valence-electron chi connectivity index (χ4n) is 6.07. The Morgan fingerprint density at radius 1 is 0.851 bits per heavy atom. The summed E-state index contributed by atoms with van der Waals surface area (Å²) >= 11 is 0. The summed E-state index contributed by atoms with van der Waals surface area (Å²) in [5, 5.41) is 14.9. The minimum atomic E-state index is -0.660. The first-order valence-corrected chi connectivity index (χ1v) is 15.9. The van der Waals surface area contributed by atoms with Crippen molar-refractivity contribution in [3.63, 3.8) is 0 Å². The van der Waals surface area contributed by atoms with Gasteiger partial charge in [-0.3, -0.25) is 0 Å². The highest BCUT2D eigenvalue weighted by atomic mass is 16.6. The van der Waals surface area contributed by atoms with Crippen molar-refractivity contribution in [3.8, 4) is 11.5 Å². The number of benzene rings is 3. The maximum Gasteiger partial charge on any atom is 0.408 e. The molecular formula is C37H42N6O4. The van der Waals surface area contributed by atoms with Crippen LogP contribution in [0.2, 0.25) is 0 Å². The molecule has 0 unspecified atom stereocenters. The van der Waals surface area contributed by atoms with Crippen LogP contribution in [-0.4, -0.2) is 50.6 Å². The van der Waals surface area contributed by atoms with E-state index in [1.54, 1.807) is 14.2 Å². The van der Waals surface area contributed by atoms with Gasteiger partial charge in [-0.1, -0.05) is 36.4 Å². The van der Waals surface area contributed by atoms with Gasteiger partial charge >= 0.3 is 6.09 Å². The van der Waals surface area contributed by atoms with E-state index < -0.39 is 17.7 Å². The first-order chi connectivity index (χ1) is 22.7. The van der Waals surface area contributed by atoms with Crippen LogP contribution in [0.1, 0.15) is 61.6 Å². The lowest BCUT2D eigenvalue weighted by molar-refractivity contribution is 0.0500. The Balaban J connectivity index is 1.36. The second-order valence-corrected chi connectivity index (χ2v) is 12.7. The third kappa shape index (κ3) is 7.27. The predicted molar refractivity (Wildman–Crippen MR) is 183 cm³/mol. The number of ether oxygens (including phenoxy) is 3. The smallest absolute Gasteiger partial charge is 0.408 e. The highest BCUT2D eigenvalue weighted by Crippen LogP contribution is 2.29. The summed E-state index contributed by atoms with van der Waals surface area (Å²) in [5.74, 6) is 2.87. The number of nitrogens with one attached hydrogen (secondary N) is 3. The van der Waals surface area contributed by atoms with Gasteiger partial charge in [0, 0.05) is 58.7 Å². The number of hydrogen-bond donors (Lipinski definition) is 3. The molecular weight excluding hydrogens is 592 g/mol. The maximum absolute atomic E-state index is 13.3. The standard InChI is InChI=1S/C37H42N6O4/c1-37(2,3)47-36(44)40-32(19-26-22-39-31-15-9-7-13-29(26)31)35-42-41-34(16-10-11-24-21-38-30-14-8-6-12-28(24)30)43(35)23-25-17-18-27(45-4)20-33(25)46-5/h6-9,12-15,17-18,20-22,32,38-39H,10-11,16,19,23H2,1-5H3,(H,40,44)/t32-/m1/s1. The molecule has 0 aliphatic carbocycles. The van der Waals surface area contributed by atoms with E-state index in [4.69, 9.17) is 24.4 Å². The van der Waals surface area contributed by atoms with Crippen LogP contribution in [0.5, 0.6) is 11.5 Å². The molecule has 0 aliphatic rings. The number of hydrogen-bond acceptors (Lipinski definition) is 6. The minimum Gasteiger partial charge on any atom is -0.497 e. The summed E-state index contributed by atoms with van der Waals surface area (Å²) in [6, 6.07) is 21.7. The van der Waals surface area contributed by atoms with E-state index >= 15 is 0 Å². The second kappa shape index (κ2) is 13.6. The van der Waals surface area contributed by atoms with Gasteiger partial charge in [0.05, 0.1) is 26.8 Å². The SMILES string of the molecule is COc1ccc(Cn2c(CCCc3c[nH]c4ccccc34)nnc2[C@@H](Cc2c[nH]c3ccccc23)NC(=O)OC(C)(C)C)c(OC)c1. The van der Waals surface area contributed by atoms with Gasteiger partial charge in [0.25, 0.3) is 0 Å². The normalized spacial score (nSPS) is 12.4. The molecule has 10 nitrogen and oxygen atoms in total. The first-order valence-electron chi connectivity index (χ1n) is 15.9. The Labute approximate surface area is 274 Å². The number of aromatic amines is 2. The van der Waals surface area contributed by atoms with Crippen LogP contribution in [0.25, 0.3) is 21.8 Å². The van der Waals surface area contributed by atoms with E-state index in [9.17, 15) is 4.79 Å². The number of carbonyl (C=O) groups is 1. The van der Waals surface area contributed by atoms with E-state index in [1.807, 2.05) is 69.4 Å². The van der Waals surface area contributed by atoms with Crippen LogP contribution in [0.15, 0.2) is 79.1 Å². The highest BCUT2D eigenvalue weighted by molar-refractivity contribution is 5.83. The van der Waals surface area contributed by atoms with Crippen LogP contribution in [0.4, 0.5) is 4.79 Å². The monoisotopic (exact) mass is 634 g/mol. The minimum absolute atomic E-state index is 0.443. The number of aromatic nitrogens is 5. The van der Waals surface area contributed by atoms with Crippen LogP contribution in [0.3, 0.4) is 0 Å². The maximum atomic E-state index is 13.3. The number of para-hydroxylation sites is 2. The molecule has 1 atom stereocenters. The number of rotatable bonds is 12. The van der Waals surface area contributed by atoms with Gasteiger partial charge in [-0.25, -0.2) is 4.79 Å². The van der Waals surface area contributed by atoms with Crippen molar-refractivity contribution < 1.29 is 19.0 Å². The lowest BCUT2D eigenvalue weighted by atomic mass is 10.0. The number of alkyl carbamates (subject to hydrolysis) is 1. The largest absolute Gasteiger partial charge is 0.497 e. The van der Waals surface area contributed by atoms with Crippen molar-refractivity contribution >= 4 is 27.9 Å². The fourth-order valence-corrected chi connectivity index (χ4v) is 6.07. The highest BCUT2D eigenvalue weighted by Gasteiger charge is 2.27. The Morgan fingerprint density at radius 2 is 1.53 bits per heavy atom. The zero-order valence-corrected chi connectivity index (χ0v) is 27.6. The average molecular weight is 635 g/mol. The van der Waals surface area contributed by atoms with Gasteiger partial charge in [-0.15, -0.1) is 10.2 Å². The van der Waals surface area contributed by atoms with Gasteiger partial charge < -0.3 is 34.1 Å². The van der Waals surface area contributed by atoms with Crippen LogP contribution in [0, 0.1) is 0 Å². The quantitative estimate of drug-likeness (QED) is 0.130. The molecule has 0 spiro atoms. The van der Waals surface area contributed by atoms with E-state index in [1.165, 1.54) is 10.9 Å². The molecule has 0 saturated carbocycles. The van der Waals surface area contributed by atoms with Crippen molar-refractivity contribution in [1.82, 2.24) is 30.0 Å². The summed E-state index contributed by atoms with van der Waals surface area (Å²) in [6.45, 7) is 6.00. The molecule has 0 fully saturated rings. The van der Waals surface area contributed by atoms with E-state index in [2.05, 4.69) is 50.3 Å². The molecule has 244 valence electrons. The molecule has 0 radical (unpaired) electrons. The van der Waals surface area contributed by atoms with Crippen molar-refractivity contribution in [2.75, 3.05) is 14.2 Å². The lowest BCUT2D eigenvalue weighted by Crippen LogP contribution is -2.37. The summed E-state index contributed by atoms with van der Waals surface area (Å²) in [5.41, 5.74) is 4.77. The number of amides is 1. The van der Waals surface area contributed by atoms with Crippen molar-refractivity contribution in [3.05, 3.63) is 107 Å². The molecule has 6 aromatic rings. The lowest BCUT2D eigenvalue weighted by Gasteiger charge is -2.24. The topological polar surface area (TPSA) is 119 Å². The van der Waals surface area contributed by atoms with Gasteiger partial charge in [0.1, 0.15) is 22.9 Å². The summed E-state index contributed by atoms with van der Waals surface area (Å²) in [6.07, 6.45) is 6.49. The van der Waals surface area contributed by atoms with Gasteiger partial charge in [0.15, 0.2) is 5.82 Å². The molecule has 3 aromatic heterocycles. The zero-order chi connectivity index (χ0) is 33.0. The number of fused-ring (bicyclic) bond motifs is 2. The van der Waals surface area contributed by atoms with E-state index in [-0.39, 0.29) is 0 Å². The van der Waals surface area contributed by atoms with Gasteiger partial charge in [-0.2, -0.15) is 0 Å². The van der Waals surface area contributed by atoms with Crippen molar-refractivity contribution in [1.29, 1.82) is 0 Å². The number of carbonyl (C=O) groups excluding carboxylic acids is 1. The number of H-pyrrole nitrogens is 2. The molecule has 10 heteroatoms. The summed E-state index contributed by atoms with van der Waals surface area (Å²) in [7, 11) is 3.28. The molecule has 47 heavy (non-hydrogen) atoms. The third-order valence-electron chi connectivity index (χ3n) is 8.30. The van der Waals surface area contributed by atoms with Crippen LogP contribution >= 0.6 is 0 Å². The average Bonchev–Trinajstić information content (AvgIpc) is 3.77. The molecule has 3 aromatic carbocycles. The molecule has 0 aliphatic heterocycles. The van der Waals surface area contributed by atoms with Crippen molar-refractivity contribution in [2.24, 2.45) is 0 Å². The zero-order valence-electron chi connectivity index (χ0n) is 27.6. The molecule has 0 saturated heterocycles. The second-order valence-electron chi connectivity index (χ2n) is 12.7. The number of methoxy groups -OCH3 is 2. The summed E-state index contributed by atoms with van der Waals surface area (Å²) in [4.78, 5) is 20.0. The van der Waals surface area contributed by atoms with Crippen molar-refractivity contribution in [2.45, 2.75) is 64.6 Å². The molecule has 6 rings (SSSR count). The Kier molecular flexibility index (Phi) is 9.19. The molecule has 3 heterocycles. The Bertz CT molecular complexity index is 1980. The fraction of sp³-hybridized carbons (Fsp3) is 0.324. The molecule has 3 N–H and O–H groups in total.